The van der Waals surface area contributed by atoms with Gasteiger partial charge in [0.1, 0.15) is 0 Å². The van der Waals surface area contributed by atoms with Crippen molar-refractivity contribution in [1.29, 1.82) is 5.26 Å². The van der Waals surface area contributed by atoms with E-state index in [2.05, 4.69) is 0 Å². The van der Waals surface area contributed by atoms with Crippen LogP contribution in [0.4, 0.5) is 13.2 Å². The van der Waals surface area contributed by atoms with E-state index in [0.717, 1.165) is 12.1 Å². The summed E-state index contributed by atoms with van der Waals surface area (Å²) < 4.78 is 35.4. The zero-order valence-electron chi connectivity index (χ0n) is 11.4. The summed E-state index contributed by atoms with van der Waals surface area (Å²) in [7, 11) is 0. The molecule has 0 radical (unpaired) electrons. The molecule has 4 heteroatoms. The van der Waals surface area contributed by atoms with E-state index >= 15 is 0 Å². The minimum Gasteiger partial charge on any atom is -0.192 e. The maximum absolute atomic E-state index is 11.8. The average molecular weight is 279 g/mol. The Labute approximate surface area is 117 Å². The van der Waals surface area contributed by atoms with Gasteiger partial charge in [0.05, 0.1) is 17.2 Å². The van der Waals surface area contributed by atoms with Gasteiger partial charge in [0, 0.05) is 0 Å². The monoisotopic (exact) mass is 279 g/mol. The van der Waals surface area contributed by atoms with E-state index in [4.69, 9.17) is 5.26 Å². The molecule has 0 unspecified atom stereocenters. The predicted molar refractivity (Wildman–Crippen MR) is 73.9 cm³/mol. The van der Waals surface area contributed by atoms with E-state index in [9.17, 15) is 13.2 Å². The van der Waals surface area contributed by atoms with Gasteiger partial charge in [-0.25, -0.2) is 0 Å². The van der Waals surface area contributed by atoms with E-state index in [0.29, 0.717) is 5.56 Å². The molecule has 0 aromatic heterocycles. The number of hydrogen-bond donors (Lipinski definition) is 0. The van der Waals surface area contributed by atoms with Crippen LogP contribution in [0.15, 0.2) is 60.7 Å². The van der Waals surface area contributed by atoms with Crippen LogP contribution < -0.4 is 0 Å². The summed E-state index contributed by atoms with van der Waals surface area (Å²) >= 11 is 0. The Morgan fingerprint density at radius 1 is 0.800 bits per heavy atom. The van der Waals surface area contributed by atoms with Gasteiger partial charge in [-0.2, -0.15) is 18.4 Å². The molecule has 2 aromatic rings. The van der Waals surface area contributed by atoms with Gasteiger partial charge >= 0.3 is 6.18 Å². The number of benzene rings is 2. The molecule has 2 rings (SSSR count). The van der Waals surface area contributed by atoms with E-state index < -0.39 is 11.7 Å². The smallest absolute Gasteiger partial charge is 0.192 e. The van der Waals surface area contributed by atoms with Crippen LogP contribution in [0.3, 0.4) is 0 Å². The van der Waals surface area contributed by atoms with Crippen molar-refractivity contribution in [2.45, 2.75) is 20.0 Å². The average Bonchev–Trinajstić information content (AvgIpc) is 2.51. The number of alkyl halides is 3. The van der Waals surface area contributed by atoms with E-state index in [1.807, 2.05) is 38.1 Å². The lowest BCUT2D eigenvalue weighted by atomic mass is 10.2. The van der Waals surface area contributed by atoms with Crippen LogP contribution in [-0.2, 0) is 6.18 Å². The van der Waals surface area contributed by atoms with Crippen molar-refractivity contribution in [2.24, 2.45) is 0 Å². The Bertz CT molecular complexity index is 499. The van der Waals surface area contributed by atoms with Crippen LogP contribution in [0.1, 0.15) is 25.0 Å². The maximum atomic E-state index is 11.8. The first-order valence-electron chi connectivity index (χ1n) is 6.11. The lowest BCUT2D eigenvalue weighted by Gasteiger charge is -2.03. The molecule has 0 spiro atoms. The first kappa shape index (κ1) is 17.7. The third kappa shape index (κ3) is 7.22. The maximum Gasteiger partial charge on any atom is 0.416 e. The summed E-state index contributed by atoms with van der Waals surface area (Å²) in [6, 6.07) is 17.5. The zero-order valence-corrected chi connectivity index (χ0v) is 11.4. The molecule has 20 heavy (non-hydrogen) atoms. The Morgan fingerprint density at radius 3 is 1.45 bits per heavy atom. The van der Waals surface area contributed by atoms with Crippen molar-refractivity contribution in [3.05, 3.63) is 71.8 Å². The summed E-state index contributed by atoms with van der Waals surface area (Å²) in [6.07, 6.45) is -4.21. The Morgan fingerprint density at radius 2 is 1.20 bits per heavy atom. The molecule has 0 aliphatic rings. The fraction of sp³-hybridized carbons (Fsp3) is 0.188. The fourth-order valence-corrected chi connectivity index (χ4v) is 1.14. The molecule has 0 bridgehead atoms. The van der Waals surface area contributed by atoms with Gasteiger partial charge in [-0.05, 0) is 12.1 Å². The van der Waals surface area contributed by atoms with E-state index in [1.165, 1.54) is 12.1 Å². The molecule has 0 N–H and O–H groups in total. The molecule has 0 fully saturated rings. The predicted octanol–water partition coefficient (Wildman–Crippen LogP) is 5.29. The quantitative estimate of drug-likeness (QED) is 0.642. The van der Waals surface area contributed by atoms with Gasteiger partial charge in [-0.3, -0.25) is 0 Å². The SMILES string of the molecule is CC.FC(F)(F)c1ccccc1.N#Cc1ccccc1. The van der Waals surface area contributed by atoms with Crippen LogP contribution in [0.5, 0.6) is 0 Å². The lowest BCUT2D eigenvalue weighted by molar-refractivity contribution is -0.137. The van der Waals surface area contributed by atoms with Gasteiger partial charge in [-0.15, -0.1) is 0 Å². The summed E-state index contributed by atoms with van der Waals surface area (Å²) in [5.74, 6) is 0. The highest BCUT2D eigenvalue weighted by molar-refractivity contribution is 5.27. The summed E-state index contributed by atoms with van der Waals surface area (Å²) in [6.45, 7) is 4.00. The Kier molecular flexibility index (Phi) is 8.53. The molecule has 2 aromatic carbocycles. The molecule has 0 atom stereocenters. The third-order valence-electron chi connectivity index (χ3n) is 2.00. The normalized spacial score (nSPS) is 9.20. The fourth-order valence-electron chi connectivity index (χ4n) is 1.14. The van der Waals surface area contributed by atoms with Gasteiger partial charge in [0.25, 0.3) is 0 Å². The van der Waals surface area contributed by atoms with Gasteiger partial charge in [-0.1, -0.05) is 62.4 Å². The molecular formula is C16H16F3N. The summed E-state index contributed by atoms with van der Waals surface area (Å²) in [5, 5.41) is 8.29. The zero-order chi connectivity index (χ0) is 15.4. The Balaban J connectivity index is 0.000000327. The van der Waals surface area contributed by atoms with Crippen molar-refractivity contribution >= 4 is 0 Å². The molecule has 0 amide bonds. The first-order chi connectivity index (χ1) is 9.54. The minimum atomic E-state index is -4.21. The second-order valence-corrected chi connectivity index (χ2v) is 3.34. The van der Waals surface area contributed by atoms with Crippen LogP contribution in [0.25, 0.3) is 0 Å². The molecule has 0 saturated carbocycles. The molecular weight excluding hydrogens is 263 g/mol. The van der Waals surface area contributed by atoms with Crippen molar-refractivity contribution < 1.29 is 13.2 Å². The van der Waals surface area contributed by atoms with Crippen molar-refractivity contribution in [3.63, 3.8) is 0 Å². The van der Waals surface area contributed by atoms with Crippen LogP contribution in [-0.4, -0.2) is 0 Å². The van der Waals surface area contributed by atoms with Crippen molar-refractivity contribution in [3.8, 4) is 6.07 Å². The van der Waals surface area contributed by atoms with Crippen molar-refractivity contribution in [1.82, 2.24) is 0 Å². The van der Waals surface area contributed by atoms with Crippen LogP contribution in [0, 0.1) is 11.3 Å². The van der Waals surface area contributed by atoms with Crippen LogP contribution >= 0.6 is 0 Å². The molecule has 0 saturated heterocycles. The largest absolute Gasteiger partial charge is 0.416 e. The lowest BCUT2D eigenvalue weighted by Crippen LogP contribution is -2.03. The number of nitriles is 1. The molecule has 1 nitrogen and oxygen atoms in total. The number of rotatable bonds is 0. The molecule has 106 valence electrons. The van der Waals surface area contributed by atoms with Gasteiger partial charge in [0.2, 0.25) is 0 Å². The number of halogens is 3. The second kappa shape index (κ2) is 9.62. The highest BCUT2D eigenvalue weighted by Gasteiger charge is 2.29. The topological polar surface area (TPSA) is 23.8 Å². The number of hydrogen-bond acceptors (Lipinski definition) is 1. The summed E-state index contributed by atoms with van der Waals surface area (Å²) in [4.78, 5) is 0. The van der Waals surface area contributed by atoms with Gasteiger partial charge in [0.15, 0.2) is 0 Å². The van der Waals surface area contributed by atoms with Crippen molar-refractivity contribution in [2.75, 3.05) is 0 Å². The number of nitrogens with zero attached hydrogens (tertiary/aromatic N) is 1. The molecule has 0 aliphatic heterocycles. The second-order valence-electron chi connectivity index (χ2n) is 3.34. The van der Waals surface area contributed by atoms with Crippen LogP contribution in [0.2, 0.25) is 0 Å². The third-order valence-corrected chi connectivity index (χ3v) is 2.00. The summed E-state index contributed by atoms with van der Waals surface area (Å²) in [5.41, 5.74) is 0.113. The highest BCUT2D eigenvalue weighted by Crippen LogP contribution is 2.28. The van der Waals surface area contributed by atoms with E-state index in [-0.39, 0.29) is 0 Å². The van der Waals surface area contributed by atoms with E-state index in [1.54, 1.807) is 18.2 Å². The first-order valence-corrected chi connectivity index (χ1v) is 6.11. The standard InChI is InChI=1S/C7H5F3.C7H5N.C2H6/c8-7(9,10)6-4-2-1-3-5-6;8-6-7-4-2-1-3-5-7;1-2/h1-5H;1-5H;1-2H3. The van der Waals surface area contributed by atoms with Gasteiger partial charge < -0.3 is 0 Å². The molecule has 0 heterocycles. The molecule has 0 aliphatic carbocycles. The highest BCUT2D eigenvalue weighted by atomic mass is 19.4. The minimum absolute atomic E-state index is 0.602. The Hall–Kier alpha value is -2.28.